The van der Waals surface area contributed by atoms with Crippen LogP contribution >= 0.6 is 0 Å². The predicted molar refractivity (Wildman–Crippen MR) is 67.2 cm³/mol. The molecule has 0 radical (unpaired) electrons. The summed E-state index contributed by atoms with van der Waals surface area (Å²) < 4.78 is 7.01. The maximum absolute atomic E-state index is 12.1. The Morgan fingerprint density at radius 2 is 2.18 bits per heavy atom. The topological polar surface area (TPSA) is 44.1 Å². The zero-order valence-corrected chi connectivity index (χ0v) is 11.4. The van der Waals surface area contributed by atoms with Crippen molar-refractivity contribution in [3.05, 3.63) is 17.5 Å². The molecule has 4 heteroatoms. The molecule has 0 aliphatic heterocycles. The third kappa shape index (κ3) is 3.66. The summed E-state index contributed by atoms with van der Waals surface area (Å²) in [6.45, 7) is 5.99. The van der Waals surface area contributed by atoms with Gasteiger partial charge in [0.25, 0.3) is 0 Å². The maximum Gasteiger partial charge on any atom is 0.166 e. The first kappa shape index (κ1) is 13.9. The first-order valence-corrected chi connectivity index (χ1v) is 6.00. The van der Waals surface area contributed by atoms with Gasteiger partial charge in [-0.15, -0.1) is 0 Å². The van der Waals surface area contributed by atoms with Gasteiger partial charge in [0.05, 0.1) is 16.9 Å². The fourth-order valence-corrected chi connectivity index (χ4v) is 1.68. The first-order chi connectivity index (χ1) is 7.89. The third-order valence-corrected chi connectivity index (χ3v) is 3.05. The number of Topliss-reactive ketones (excluding diaryl/α,β-unsaturated/α-hetero) is 1. The van der Waals surface area contributed by atoms with Crippen molar-refractivity contribution in [2.75, 3.05) is 7.11 Å². The van der Waals surface area contributed by atoms with Gasteiger partial charge in [0.15, 0.2) is 5.78 Å². The van der Waals surface area contributed by atoms with E-state index in [-0.39, 0.29) is 11.4 Å². The molecule has 1 aromatic rings. The molecule has 0 aromatic carbocycles. The summed E-state index contributed by atoms with van der Waals surface area (Å²) in [5.74, 6) is 0.153. The van der Waals surface area contributed by atoms with Gasteiger partial charge in [-0.2, -0.15) is 5.10 Å². The summed E-state index contributed by atoms with van der Waals surface area (Å²) in [6.07, 6.45) is 3.82. The number of hydrogen-bond acceptors (Lipinski definition) is 3. The number of aromatic nitrogens is 2. The van der Waals surface area contributed by atoms with Crippen LogP contribution in [-0.4, -0.2) is 28.3 Å². The largest absolute Gasteiger partial charge is 0.379 e. The minimum atomic E-state index is -0.246. The van der Waals surface area contributed by atoms with E-state index in [1.807, 2.05) is 27.8 Å². The zero-order chi connectivity index (χ0) is 13.1. The van der Waals surface area contributed by atoms with E-state index in [0.29, 0.717) is 6.42 Å². The van der Waals surface area contributed by atoms with Crippen LogP contribution in [0.25, 0.3) is 0 Å². The number of aryl methyl sites for hydroxylation is 2. The maximum atomic E-state index is 12.1. The normalized spacial score (nSPS) is 11.8. The van der Waals surface area contributed by atoms with Gasteiger partial charge in [-0.25, -0.2) is 0 Å². The molecule has 1 heterocycles. The van der Waals surface area contributed by atoms with Crippen molar-refractivity contribution in [3.63, 3.8) is 0 Å². The first-order valence-electron chi connectivity index (χ1n) is 6.00. The molecule has 0 amide bonds. The Hall–Kier alpha value is -1.16. The molecule has 0 aliphatic rings. The highest BCUT2D eigenvalue weighted by Gasteiger charge is 2.20. The predicted octanol–water partition coefficient (Wildman–Crippen LogP) is 2.37. The Bertz CT molecular complexity index is 394. The highest BCUT2D eigenvalue weighted by molar-refractivity contribution is 5.96. The van der Waals surface area contributed by atoms with Gasteiger partial charge in [-0.1, -0.05) is 6.92 Å². The van der Waals surface area contributed by atoms with Crippen LogP contribution in [-0.2, 0) is 18.2 Å². The standard InChI is InChI=1S/C13H22N2O2/c1-6-11-10(9-15(4)14-11)12(16)7-8-13(2,3)17-5/h9H,6-8H2,1-5H3. The smallest absolute Gasteiger partial charge is 0.166 e. The minimum Gasteiger partial charge on any atom is -0.379 e. The van der Waals surface area contributed by atoms with Crippen molar-refractivity contribution < 1.29 is 9.53 Å². The van der Waals surface area contributed by atoms with Crippen LogP contribution in [0.1, 0.15) is 49.7 Å². The van der Waals surface area contributed by atoms with E-state index in [0.717, 1.165) is 24.1 Å². The lowest BCUT2D eigenvalue weighted by Crippen LogP contribution is -2.23. The molecule has 0 spiro atoms. The van der Waals surface area contributed by atoms with Gasteiger partial charge >= 0.3 is 0 Å². The van der Waals surface area contributed by atoms with Gasteiger partial charge in [0.1, 0.15) is 0 Å². The number of ether oxygens (including phenoxy) is 1. The lowest BCUT2D eigenvalue weighted by Gasteiger charge is -2.22. The zero-order valence-electron chi connectivity index (χ0n) is 11.4. The fourth-order valence-electron chi connectivity index (χ4n) is 1.68. The summed E-state index contributed by atoms with van der Waals surface area (Å²) in [4.78, 5) is 12.1. The Morgan fingerprint density at radius 1 is 1.53 bits per heavy atom. The van der Waals surface area contributed by atoms with E-state index in [2.05, 4.69) is 5.10 Å². The molecule has 17 heavy (non-hydrogen) atoms. The van der Waals surface area contributed by atoms with Gasteiger partial charge in [0, 0.05) is 26.8 Å². The molecule has 0 N–H and O–H groups in total. The van der Waals surface area contributed by atoms with Crippen molar-refractivity contribution in [2.24, 2.45) is 7.05 Å². The van der Waals surface area contributed by atoms with Crippen LogP contribution < -0.4 is 0 Å². The van der Waals surface area contributed by atoms with E-state index >= 15 is 0 Å². The molecule has 1 rings (SSSR count). The second-order valence-corrected chi connectivity index (χ2v) is 4.90. The number of hydrogen-bond donors (Lipinski definition) is 0. The summed E-state index contributed by atoms with van der Waals surface area (Å²) in [6, 6.07) is 0. The number of nitrogens with zero attached hydrogens (tertiary/aromatic N) is 2. The van der Waals surface area contributed by atoms with Gasteiger partial charge in [0.2, 0.25) is 0 Å². The minimum absolute atomic E-state index is 0.153. The van der Waals surface area contributed by atoms with Crippen LogP contribution in [0.5, 0.6) is 0 Å². The highest BCUT2D eigenvalue weighted by Crippen LogP contribution is 2.18. The van der Waals surface area contributed by atoms with Crippen molar-refractivity contribution >= 4 is 5.78 Å². The summed E-state index contributed by atoms with van der Waals surface area (Å²) >= 11 is 0. The lowest BCUT2D eigenvalue weighted by atomic mass is 9.97. The Balaban J connectivity index is 2.70. The molecule has 0 bridgehead atoms. The van der Waals surface area contributed by atoms with E-state index in [1.54, 1.807) is 18.0 Å². The molecule has 0 aliphatic carbocycles. The van der Waals surface area contributed by atoms with Crippen LogP contribution in [0.4, 0.5) is 0 Å². The van der Waals surface area contributed by atoms with E-state index in [4.69, 9.17) is 4.74 Å². The van der Waals surface area contributed by atoms with Gasteiger partial charge in [-0.3, -0.25) is 9.48 Å². The third-order valence-electron chi connectivity index (χ3n) is 3.05. The second kappa shape index (κ2) is 5.45. The van der Waals surface area contributed by atoms with Crippen molar-refractivity contribution in [3.8, 4) is 0 Å². The summed E-state index contributed by atoms with van der Waals surface area (Å²) in [7, 11) is 3.51. The number of carbonyl (C=O) groups is 1. The molecule has 0 fully saturated rings. The fraction of sp³-hybridized carbons (Fsp3) is 0.692. The van der Waals surface area contributed by atoms with Crippen molar-refractivity contribution in [1.82, 2.24) is 9.78 Å². The Labute approximate surface area is 103 Å². The molecule has 0 saturated heterocycles. The number of carbonyl (C=O) groups excluding carboxylic acids is 1. The van der Waals surface area contributed by atoms with Crippen molar-refractivity contribution in [2.45, 2.75) is 45.6 Å². The molecular formula is C13H22N2O2. The van der Waals surface area contributed by atoms with Crippen LogP contribution in [0.15, 0.2) is 6.20 Å². The molecule has 4 nitrogen and oxygen atoms in total. The monoisotopic (exact) mass is 238 g/mol. The van der Waals surface area contributed by atoms with Crippen molar-refractivity contribution in [1.29, 1.82) is 0 Å². The average molecular weight is 238 g/mol. The molecule has 1 aromatic heterocycles. The average Bonchev–Trinajstić information content (AvgIpc) is 2.67. The van der Waals surface area contributed by atoms with E-state index < -0.39 is 0 Å². The van der Waals surface area contributed by atoms with Gasteiger partial charge in [-0.05, 0) is 26.7 Å². The van der Waals surface area contributed by atoms with Gasteiger partial charge < -0.3 is 4.74 Å². The quantitative estimate of drug-likeness (QED) is 0.715. The number of rotatable bonds is 6. The van der Waals surface area contributed by atoms with E-state index in [1.165, 1.54) is 0 Å². The molecule has 96 valence electrons. The number of methoxy groups -OCH3 is 1. The van der Waals surface area contributed by atoms with Crippen LogP contribution in [0, 0.1) is 0 Å². The molecule has 0 atom stereocenters. The summed E-state index contributed by atoms with van der Waals surface area (Å²) in [5, 5.41) is 4.28. The Kier molecular flexibility index (Phi) is 4.46. The SMILES string of the molecule is CCc1nn(C)cc1C(=O)CCC(C)(C)OC. The molecule has 0 unspecified atom stereocenters. The number of ketones is 1. The summed E-state index contributed by atoms with van der Waals surface area (Å²) in [5.41, 5.74) is 1.39. The lowest BCUT2D eigenvalue weighted by molar-refractivity contribution is 0.0141. The van der Waals surface area contributed by atoms with Crippen LogP contribution in [0.3, 0.4) is 0 Å². The second-order valence-electron chi connectivity index (χ2n) is 4.90. The van der Waals surface area contributed by atoms with E-state index in [9.17, 15) is 4.79 Å². The van der Waals surface area contributed by atoms with Crippen LogP contribution in [0.2, 0.25) is 0 Å². The highest BCUT2D eigenvalue weighted by atomic mass is 16.5. The Morgan fingerprint density at radius 3 is 2.71 bits per heavy atom. The molecular weight excluding hydrogens is 216 g/mol. The molecule has 0 saturated carbocycles.